The summed E-state index contributed by atoms with van der Waals surface area (Å²) >= 11 is 1.29. The minimum atomic E-state index is -0.437. The molecule has 2 fully saturated rings. The Morgan fingerprint density at radius 1 is 1.15 bits per heavy atom. The molecule has 3 aliphatic rings. The molecule has 0 spiro atoms. The lowest BCUT2D eigenvalue weighted by Crippen LogP contribution is -2.23. The smallest absolute Gasteiger partial charge is 0.286 e. The Morgan fingerprint density at radius 2 is 1.78 bits per heavy atom. The summed E-state index contributed by atoms with van der Waals surface area (Å²) in [7, 11) is 2.17. The molecule has 0 saturated carbocycles. The summed E-state index contributed by atoms with van der Waals surface area (Å²) in [5, 5.41) is 10.7. The van der Waals surface area contributed by atoms with E-state index in [1.165, 1.54) is 55.9 Å². The summed E-state index contributed by atoms with van der Waals surface area (Å²) in [5.41, 5.74) is 0.749. The maximum atomic E-state index is 13.4. The second kappa shape index (κ2) is 8.89. The number of amidine groups is 1. The molecular formula is C20H26FN3O2S. The number of aryl methyl sites for hydroxylation is 1. The fourth-order valence-corrected chi connectivity index (χ4v) is 4.29. The molecule has 1 N–H and O–H groups in total. The zero-order valence-electron chi connectivity index (χ0n) is 15.9. The SMILES string of the molecule is CN1CCCC1.Cc1cc(F)cc(/C=C2\SC(N3CCCC3)=NC2=O)c1O. The number of nitrogens with zero attached hydrogens (tertiary/aromatic N) is 3. The van der Waals surface area contributed by atoms with Crippen LogP contribution in [0, 0.1) is 12.7 Å². The number of benzene rings is 1. The third-order valence-corrected chi connectivity index (χ3v) is 5.94. The Labute approximate surface area is 163 Å². The van der Waals surface area contributed by atoms with E-state index in [2.05, 4.69) is 21.8 Å². The van der Waals surface area contributed by atoms with Crippen LogP contribution >= 0.6 is 11.8 Å². The lowest BCUT2D eigenvalue weighted by molar-refractivity contribution is -0.113. The van der Waals surface area contributed by atoms with Crippen molar-refractivity contribution >= 4 is 28.9 Å². The zero-order valence-corrected chi connectivity index (χ0v) is 16.7. The van der Waals surface area contributed by atoms with Gasteiger partial charge < -0.3 is 14.9 Å². The van der Waals surface area contributed by atoms with E-state index < -0.39 is 5.82 Å². The number of carbonyl (C=O) groups is 1. The van der Waals surface area contributed by atoms with E-state index in [0.29, 0.717) is 21.2 Å². The summed E-state index contributed by atoms with van der Waals surface area (Å²) in [5.74, 6) is -0.775. The van der Waals surface area contributed by atoms with Crippen LogP contribution in [0.1, 0.15) is 36.8 Å². The third-order valence-electron chi connectivity index (χ3n) is 4.90. The molecule has 0 atom stereocenters. The molecule has 4 rings (SSSR count). The third kappa shape index (κ3) is 5.11. The molecule has 1 amide bonds. The van der Waals surface area contributed by atoms with Crippen LogP contribution in [0.2, 0.25) is 0 Å². The van der Waals surface area contributed by atoms with E-state index >= 15 is 0 Å². The summed E-state index contributed by atoms with van der Waals surface area (Å²) in [6.45, 7) is 6.09. The van der Waals surface area contributed by atoms with Crippen molar-refractivity contribution < 1.29 is 14.3 Å². The van der Waals surface area contributed by atoms with Gasteiger partial charge in [-0.1, -0.05) is 0 Å². The summed E-state index contributed by atoms with van der Waals surface area (Å²) in [6.07, 6.45) is 6.55. The first kappa shape index (κ1) is 19.9. The number of hydrogen-bond donors (Lipinski definition) is 1. The summed E-state index contributed by atoms with van der Waals surface area (Å²) in [6, 6.07) is 2.48. The zero-order chi connectivity index (χ0) is 19.4. The normalized spacial score (nSPS) is 21.6. The van der Waals surface area contributed by atoms with Gasteiger partial charge in [0, 0.05) is 18.7 Å². The number of carbonyl (C=O) groups excluding carboxylic acids is 1. The minimum absolute atomic E-state index is 0.00748. The first-order valence-corrected chi connectivity index (χ1v) is 10.2. The van der Waals surface area contributed by atoms with Crippen LogP contribution in [0.25, 0.3) is 6.08 Å². The van der Waals surface area contributed by atoms with Gasteiger partial charge in [-0.2, -0.15) is 4.99 Å². The van der Waals surface area contributed by atoms with Crippen molar-refractivity contribution in [2.45, 2.75) is 32.6 Å². The molecule has 3 heterocycles. The second-order valence-corrected chi connectivity index (χ2v) is 8.18. The highest BCUT2D eigenvalue weighted by Crippen LogP contribution is 2.34. The van der Waals surface area contributed by atoms with E-state index in [0.717, 1.165) is 25.9 Å². The van der Waals surface area contributed by atoms with E-state index in [9.17, 15) is 14.3 Å². The maximum Gasteiger partial charge on any atom is 0.286 e. The highest BCUT2D eigenvalue weighted by molar-refractivity contribution is 8.18. The van der Waals surface area contributed by atoms with Crippen LogP contribution in [-0.4, -0.2) is 59.2 Å². The Bertz CT molecular complexity index is 767. The molecular weight excluding hydrogens is 365 g/mol. The fraction of sp³-hybridized carbons (Fsp3) is 0.500. The number of rotatable bonds is 1. The van der Waals surface area contributed by atoms with Crippen LogP contribution in [0.5, 0.6) is 5.75 Å². The largest absolute Gasteiger partial charge is 0.507 e. The van der Waals surface area contributed by atoms with Gasteiger partial charge in [-0.3, -0.25) is 4.79 Å². The maximum absolute atomic E-state index is 13.4. The molecule has 0 radical (unpaired) electrons. The summed E-state index contributed by atoms with van der Waals surface area (Å²) < 4.78 is 13.4. The standard InChI is InChI=1S/C15H15FN2O2S.C5H11N/c1-9-6-11(16)7-10(13(9)19)8-12-14(20)17-15(21-12)18-4-2-3-5-18;1-6-4-2-3-5-6/h6-8,19H,2-5H2,1H3;2-5H2,1H3/b12-8-;. The summed E-state index contributed by atoms with van der Waals surface area (Å²) in [4.78, 5) is 20.9. The quantitative estimate of drug-likeness (QED) is 0.741. The van der Waals surface area contributed by atoms with Gasteiger partial charge in [0.2, 0.25) is 0 Å². The fourth-order valence-electron chi connectivity index (χ4n) is 3.33. The number of aliphatic imine (C=N–C) groups is 1. The van der Waals surface area contributed by atoms with E-state index in [1.54, 1.807) is 6.92 Å². The second-order valence-electron chi connectivity index (χ2n) is 7.18. The number of likely N-dealkylation sites (tertiary alicyclic amines) is 2. The van der Waals surface area contributed by atoms with Crippen molar-refractivity contribution in [1.29, 1.82) is 0 Å². The van der Waals surface area contributed by atoms with Crippen molar-refractivity contribution in [2.75, 3.05) is 33.2 Å². The topological polar surface area (TPSA) is 56.1 Å². The number of phenolic OH excluding ortho intramolecular Hbond substituents is 1. The van der Waals surface area contributed by atoms with E-state index in [4.69, 9.17) is 0 Å². The van der Waals surface area contributed by atoms with Gasteiger partial charge in [0.05, 0.1) is 4.91 Å². The van der Waals surface area contributed by atoms with Crippen LogP contribution < -0.4 is 0 Å². The highest BCUT2D eigenvalue weighted by atomic mass is 32.2. The van der Waals surface area contributed by atoms with E-state index in [1.807, 2.05) is 0 Å². The molecule has 0 aliphatic carbocycles. The Kier molecular flexibility index (Phi) is 6.55. The number of phenols is 1. The minimum Gasteiger partial charge on any atom is -0.507 e. The van der Waals surface area contributed by atoms with Crippen LogP contribution in [0.15, 0.2) is 22.0 Å². The van der Waals surface area contributed by atoms with Gasteiger partial charge in [-0.05, 0) is 88.3 Å². The number of hydrogen-bond acceptors (Lipinski definition) is 5. The predicted molar refractivity (Wildman–Crippen MR) is 108 cm³/mol. The average Bonchev–Trinajstić information content (AvgIpc) is 3.36. The van der Waals surface area contributed by atoms with Crippen molar-refractivity contribution in [3.63, 3.8) is 0 Å². The van der Waals surface area contributed by atoms with Crippen molar-refractivity contribution in [2.24, 2.45) is 4.99 Å². The van der Waals surface area contributed by atoms with Crippen LogP contribution in [0.3, 0.4) is 0 Å². The predicted octanol–water partition coefficient (Wildman–Crippen LogP) is 3.62. The molecule has 1 aromatic carbocycles. The molecule has 5 nitrogen and oxygen atoms in total. The Hall–Kier alpha value is -1.86. The van der Waals surface area contributed by atoms with Gasteiger partial charge in [0.1, 0.15) is 11.6 Å². The van der Waals surface area contributed by atoms with E-state index in [-0.39, 0.29) is 11.7 Å². The van der Waals surface area contributed by atoms with Gasteiger partial charge in [0.15, 0.2) is 5.17 Å². The lowest BCUT2D eigenvalue weighted by atomic mass is 10.1. The van der Waals surface area contributed by atoms with Crippen molar-refractivity contribution in [1.82, 2.24) is 9.80 Å². The van der Waals surface area contributed by atoms with Crippen LogP contribution in [-0.2, 0) is 4.79 Å². The van der Waals surface area contributed by atoms with Gasteiger partial charge in [0.25, 0.3) is 5.91 Å². The Morgan fingerprint density at radius 3 is 2.37 bits per heavy atom. The first-order valence-electron chi connectivity index (χ1n) is 9.39. The van der Waals surface area contributed by atoms with Crippen molar-refractivity contribution in [3.05, 3.63) is 34.0 Å². The monoisotopic (exact) mass is 391 g/mol. The van der Waals surface area contributed by atoms with Crippen molar-refractivity contribution in [3.8, 4) is 5.75 Å². The first-order chi connectivity index (χ1) is 12.9. The molecule has 2 saturated heterocycles. The number of thioether (sulfide) groups is 1. The number of amides is 1. The average molecular weight is 392 g/mol. The lowest BCUT2D eigenvalue weighted by Gasteiger charge is -2.14. The number of halogens is 1. The molecule has 0 bridgehead atoms. The van der Waals surface area contributed by atoms with Crippen LogP contribution in [0.4, 0.5) is 4.39 Å². The molecule has 1 aromatic rings. The van der Waals surface area contributed by atoms with Gasteiger partial charge in [-0.25, -0.2) is 4.39 Å². The highest BCUT2D eigenvalue weighted by Gasteiger charge is 2.27. The van der Waals surface area contributed by atoms with Gasteiger partial charge in [-0.15, -0.1) is 0 Å². The molecule has 0 aromatic heterocycles. The molecule has 27 heavy (non-hydrogen) atoms. The van der Waals surface area contributed by atoms with Gasteiger partial charge >= 0.3 is 0 Å². The Balaban J connectivity index is 0.000000299. The molecule has 0 unspecified atom stereocenters. The molecule has 7 heteroatoms. The molecule has 146 valence electrons. The number of aromatic hydroxyl groups is 1. The molecule has 3 aliphatic heterocycles.